The third-order valence-electron chi connectivity index (χ3n) is 0.670. The van der Waals surface area contributed by atoms with Crippen LogP contribution in [0.1, 0.15) is 13.8 Å². The summed E-state index contributed by atoms with van der Waals surface area (Å²) in [6, 6.07) is 0. The number of rotatable bonds is 1. The maximum atomic E-state index is 9.88. The largest absolute Gasteiger partial charge is 0.809 e. The van der Waals surface area contributed by atoms with Crippen molar-refractivity contribution < 1.29 is 19.5 Å². The Balaban J connectivity index is 4.26. The molecule has 0 rings (SSSR count). The van der Waals surface area contributed by atoms with Gasteiger partial charge in [0, 0.05) is 0 Å². The summed E-state index contributed by atoms with van der Waals surface area (Å²) in [7, 11) is -4.79. The summed E-state index contributed by atoms with van der Waals surface area (Å²) in [5.74, 6) is 0. The van der Waals surface area contributed by atoms with E-state index in [4.69, 9.17) is 5.11 Å². The summed E-state index contributed by atoms with van der Waals surface area (Å²) in [6.07, 6.45) is 0. The van der Waals surface area contributed by atoms with Crippen LogP contribution in [0.5, 0.6) is 0 Å². The highest BCUT2D eigenvalue weighted by Crippen LogP contribution is 2.38. The molecule has 0 spiro atoms. The van der Waals surface area contributed by atoms with Crippen LogP contribution in [0.25, 0.3) is 0 Å². The van der Waals surface area contributed by atoms with Gasteiger partial charge in [-0.15, -0.1) is 0 Å². The average Bonchev–Trinajstić information content (AvgIpc) is 1.25. The molecule has 0 fully saturated rings. The molecule has 0 radical (unpaired) electrons. The topological polar surface area (TPSA) is 83.4 Å². The van der Waals surface area contributed by atoms with Crippen LogP contribution < -0.4 is 9.79 Å². The molecule has 0 aromatic carbocycles. The molecule has 0 amide bonds. The van der Waals surface area contributed by atoms with Crippen LogP contribution in [0, 0.1) is 0 Å². The highest BCUT2D eigenvalue weighted by atomic mass is 31.2. The molecule has 5 heteroatoms. The molecule has 0 atom stereocenters. The smallest absolute Gasteiger partial charge is 0.0856 e. The minimum Gasteiger partial charge on any atom is -0.809 e. The van der Waals surface area contributed by atoms with Gasteiger partial charge in [-0.05, 0) is 21.4 Å². The van der Waals surface area contributed by atoms with Gasteiger partial charge in [0.15, 0.2) is 0 Å². The zero-order valence-electron chi connectivity index (χ0n) is 4.62. The molecule has 0 aliphatic rings. The lowest BCUT2D eigenvalue weighted by Crippen LogP contribution is -2.33. The number of hydrogen-bond donors (Lipinski definition) is 1. The Morgan fingerprint density at radius 1 is 1.50 bits per heavy atom. The molecular weight excluding hydrogens is 131 g/mol. The molecule has 0 saturated carbocycles. The van der Waals surface area contributed by atoms with E-state index in [0.29, 0.717) is 0 Å². The van der Waals surface area contributed by atoms with E-state index in [1.54, 1.807) is 0 Å². The Labute approximate surface area is 47.3 Å². The maximum absolute atomic E-state index is 9.88. The summed E-state index contributed by atoms with van der Waals surface area (Å²) < 4.78 is 9.88. The lowest BCUT2D eigenvalue weighted by Gasteiger charge is -2.40. The molecular formula is C3H7O4P-2. The Morgan fingerprint density at radius 3 is 1.62 bits per heavy atom. The second-order valence-corrected chi connectivity index (χ2v) is 4.08. The molecule has 0 bridgehead atoms. The molecule has 0 aromatic rings. The van der Waals surface area contributed by atoms with Crippen LogP contribution in [-0.2, 0) is 4.57 Å². The first-order chi connectivity index (χ1) is 3.25. The molecule has 0 aliphatic carbocycles. The minimum atomic E-state index is -4.79. The van der Waals surface area contributed by atoms with Gasteiger partial charge in [0.2, 0.25) is 0 Å². The van der Waals surface area contributed by atoms with Crippen molar-refractivity contribution in [2.45, 2.75) is 19.2 Å². The van der Waals surface area contributed by atoms with Crippen molar-refractivity contribution in [3.05, 3.63) is 0 Å². The van der Waals surface area contributed by atoms with Gasteiger partial charge in [0.1, 0.15) is 0 Å². The van der Waals surface area contributed by atoms with Crippen LogP contribution in [0.15, 0.2) is 0 Å². The average molecular weight is 138 g/mol. The van der Waals surface area contributed by atoms with Crippen LogP contribution in [0.2, 0.25) is 0 Å². The van der Waals surface area contributed by atoms with Crippen molar-refractivity contribution in [2.75, 3.05) is 0 Å². The zero-order valence-corrected chi connectivity index (χ0v) is 5.51. The summed E-state index contributed by atoms with van der Waals surface area (Å²) >= 11 is 0. The number of hydrogen-bond acceptors (Lipinski definition) is 4. The van der Waals surface area contributed by atoms with Gasteiger partial charge in [0.05, 0.1) is 5.34 Å². The fourth-order valence-corrected chi connectivity index (χ4v) is 0. The lowest BCUT2D eigenvalue weighted by molar-refractivity contribution is -0.328. The summed E-state index contributed by atoms with van der Waals surface area (Å²) in [4.78, 5) is 19.8. The van der Waals surface area contributed by atoms with E-state index in [1.165, 1.54) is 0 Å². The second kappa shape index (κ2) is 1.81. The molecule has 0 saturated heterocycles. The van der Waals surface area contributed by atoms with Crippen molar-refractivity contribution in [3.63, 3.8) is 0 Å². The van der Waals surface area contributed by atoms with Crippen molar-refractivity contribution in [2.24, 2.45) is 0 Å². The van der Waals surface area contributed by atoms with Gasteiger partial charge in [-0.25, -0.2) is 0 Å². The van der Waals surface area contributed by atoms with Crippen LogP contribution in [0.3, 0.4) is 0 Å². The van der Waals surface area contributed by atoms with E-state index < -0.39 is 12.9 Å². The first-order valence-electron chi connectivity index (χ1n) is 1.99. The van der Waals surface area contributed by atoms with E-state index in [9.17, 15) is 14.4 Å². The Kier molecular flexibility index (Phi) is 1.83. The molecule has 0 unspecified atom stereocenters. The van der Waals surface area contributed by atoms with Crippen molar-refractivity contribution >= 4 is 7.60 Å². The monoisotopic (exact) mass is 138 g/mol. The van der Waals surface area contributed by atoms with E-state index in [2.05, 4.69) is 0 Å². The van der Waals surface area contributed by atoms with Crippen LogP contribution >= 0.6 is 7.60 Å². The molecule has 1 N–H and O–H groups in total. The Bertz CT molecular complexity index is 118. The first-order valence-corrected chi connectivity index (χ1v) is 3.54. The second-order valence-electron chi connectivity index (χ2n) is 1.99. The third kappa shape index (κ3) is 1.92. The maximum Gasteiger partial charge on any atom is 0.0856 e. The first kappa shape index (κ1) is 8.11. The third-order valence-corrected chi connectivity index (χ3v) is 2.01. The van der Waals surface area contributed by atoms with Gasteiger partial charge >= 0.3 is 0 Å². The summed E-state index contributed by atoms with van der Waals surface area (Å²) in [5, 5.41) is 6.35. The predicted octanol–water partition coefficient (Wildman–Crippen LogP) is -1.37. The van der Waals surface area contributed by atoms with Gasteiger partial charge in [0.25, 0.3) is 0 Å². The van der Waals surface area contributed by atoms with Gasteiger partial charge in [-0.2, -0.15) is 0 Å². The Morgan fingerprint density at radius 2 is 1.62 bits per heavy atom. The minimum absolute atomic E-state index is 0.938. The Hall–Kier alpha value is 0.110. The van der Waals surface area contributed by atoms with Crippen molar-refractivity contribution in [3.8, 4) is 0 Å². The van der Waals surface area contributed by atoms with E-state index in [1.807, 2.05) is 0 Å². The SMILES string of the molecule is CC(C)(O)P(=O)([O-])[O-]. The zero-order chi connectivity index (χ0) is 7.00. The quantitative estimate of drug-likeness (QED) is 0.453. The highest BCUT2D eigenvalue weighted by molar-refractivity contribution is 7.50. The summed E-state index contributed by atoms with van der Waals surface area (Å²) in [6.45, 7) is 1.88. The molecule has 50 valence electrons. The molecule has 4 nitrogen and oxygen atoms in total. The van der Waals surface area contributed by atoms with Crippen molar-refractivity contribution in [1.29, 1.82) is 0 Å². The van der Waals surface area contributed by atoms with E-state index in [0.717, 1.165) is 13.8 Å². The highest BCUT2D eigenvalue weighted by Gasteiger charge is 2.16. The summed E-state index contributed by atoms with van der Waals surface area (Å²) in [5.41, 5.74) is 0. The number of aliphatic hydroxyl groups is 1. The molecule has 8 heavy (non-hydrogen) atoms. The lowest BCUT2D eigenvalue weighted by atomic mass is 10.5. The normalized spacial score (nSPS) is 14.1. The molecule has 0 aromatic heterocycles. The predicted molar refractivity (Wildman–Crippen MR) is 23.9 cm³/mol. The van der Waals surface area contributed by atoms with Crippen LogP contribution in [0.4, 0.5) is 0 Å². The van der Waals surface area contributed by atoms with E-state index >= 15 is 0 Å². The fraction of sp³-hybridized carbons (Fsp3) is 1.00. The van der Waals surface area contributed by atoms with Gasteiger partial charge < -0.3 is 19.5 Å². The standard InChI is InChI=1S/C3H9O4P/c1-3(2,4)8(5,6)7/h4H,1-2H3,(H2,5,6,7)/p-2. The fourth-order valence-electron chi connectivity index (χ4n) is 0. The molecule has 0 heterocycles. The van der Waals surface area contributed by atoms with E-state index in [-0.39, 0.29) is 0 Å². The van der Waals surface area contributed by atoms with Gasteiger partial charge in [-0.1, -0.05) is 0 Å². The molecule has 0 aliphatic heterocycles. The van der Waals surface area contributed by atoms with Crippen molar-refractivity contribution in [1.82, 2.24) is 0 Å². The van der Waals surface area contributed by atoms with Crippen LogP contribution in [-0.4, -0.2) is 10.4 Å². The van der Waals surface area contributed by atoms with Gasteiger partial charge in [-0.3, -0.25) is 0 Å².